The Morgan fingerprint density at radius 1 is 1.07 bits per heavy atom. The third-order valence-corrected chi connectivity index (χ3v) is 8.30. The highest BCUT2D eigenvalue weighted by Crippen LogP contribution is 2.45. The molecule has 2 aromatic heterocycles. The molecule has 9 heteroatoms. The summed E-state index contributed by atoms with van der Waals surface area (Å²) < 4.78 is 7.64. The Kier molecular flexibility index (Phi) is 7.24. The minimum Gasteiger partial charge on any atom is -0.478 e. The van der Waals surface area contributed by atoms with Gasteiger partial charge in [0.05, 0.1) is 22.9 Å². The van der Waals surface area contributed by atoms with Crippen molar-refractivity contribution in [3.63, 3.8) is 0 Å². The number of furan rings is 1. The van der Waals surface area contributed by atoms with Crippen molar-refractivity contribution in [2.45, 2.75) is 50.1 Å². The fourth-order valence-electron chi connectivity index (χ4n) is 5.94. The normalized spacial score (nSPS) is 20.4. The van der Waals surface area contributed by atoms with E-state index in [2.05, 4.69) is 21.8 Å². The lowest BCUT2D eigenvalue weighted by atomic mass is 9.95. The average molecular weight is 565 g/mol. The van der Waals surface area contributed by atoms with E-state index in [1.54, 1.807) is 55.0 Å². The van der Waals surface area contributed by atoms with Gasteiger partial charge in [-0.2, -0.15) is 0 Å². The molecule has 0 radical (unpaired) electrons. The number of carbonyl (C=O) groups is 3. The van der Waals surface area contributed by atoms with Crippen LogP contribution in [0, 0.1) is 5.92 Å². The minimum atomic E-state index is -1.11. The first-order valence-electron chi connectivity index (χ1n) is 14.2. The Hall–Kier alpha value is -4.92. The molecule has 42 heavy (non-hydrogen) atoms. The molecule has 0 bridgehead atoms. The first-order valence-corrected chi connectivity index (χ1v) is 14.2. The molecule has 2 saturated carbocycles. The van der Waals surface area contributed by atoms with Gasteiger partial charge in [-0.15, -0.1) is 6.58 Å². The summed E-state index contributed by atoms with van der Waals surface area (Å²) in [6.07, 6.45) is 13.7. The van der Waals surface area contributed by atoms with E-state index in [1.807, 2.05) is 12.1 Å². The predicted octanol–water partition coefficient (Wildman–Crippen LogP) is 6.21. The van der Waals surface area contributed by atoms with Crippen LogP contribution in [0.3, 0.4) is 0 Å². The third kappa shape index (κ3) is 5.25. The summed E-state index contributed by atoms with van der Waals surface area (Å²) in [7, 11) is 0. The molecule has 6 rings (SSSR count). The summed E-state index contributed by atoms with van der Waals surface area (Å²) >= 11 is 0. The summed E-state index contributed by atoms with van der Waals surface area (Å²) in [5.74, 6) is -1.11. The van der Waals surface area contributed by atoms with E-state index in [-0.39, 0.29) is 17.7 Å². The van der Waals surface area contributed by atoms with E-state index in [0.29, 0.717) is 29.3 Å². The smallest absolute Gasteiger partial charge is 0.328 e. The second-order valence-corrected chi connectivity index (χ2v) is 11.0. The zero-order chi connectivity index (χ0) is 29.3. The largest absolute Gasteiger partial charge is 0.478 e. The highest BCUT2D eigenvalue weighted by molar-refractivity contribution is 6.07. The number of hydrogen-bond donors (Lipinski definition) is 3. The van der Waals surface area contributed by atoms with Crippen LogP contribution >= 0.6 is 0 Å². The topological polar surface area (TPSA) is 126 Å². The molecule has 2 aliphatic carbocycles. The van der Waals surface area contributed by atoms with Gasteiger partial charge in [-0.25, -0.2) is 9.78 Å². The maximum absolute atomic E-state index is 13.5. The maximum atomic E-state index is 13.5. The molecule has 0 aliphatic heterocycles. The Morgan fingerprint density at radius 2 is 1.86 bits per heavy atom. The number of hydrogen-bond acceptors (Lipinski definition) is 5. The number of rotatable bonds is 9. The third-order valence-electron chi connectivity index (χ3n) is 8.30. The summed E-state index contributed by atoms with van der Waals surface area (Å²) in [6, 6.07) is 14.5. The molecule has 2 amide bonds. The number of carboxylic acids is 1. The number of nitrogens with zero attached hydrogens (tertiary/aromatic N) is 2. The van der Waals surface area contributed by atoms with Crippen LogP contribution in [0.25, 0.3) is 28.5 Å². The molecule has 2 fully saturated rings. The van der Waals surface area contributed by atoms with Crippen molar-refractivity contribution in [1.29, 1.82) is 0 Å². The van der Waals surface area contributed by atoms with Gasteiger partial charge < -0.3 is 24.7 Å². The fourth-order valence-corrected chi connectivity index (χ4v) is 5.94. The number of amides is 2. The molecule has 2 atom stereocenters. The number of benzene rings is 2. The molecule has 4 aromatic rings. The summed E-state index contributed by atoms with van der Waals surface area (Å²) in [5, 5.41) is 14.7. The minimum absolute atomic E-state index is 0.207. The van der Waals surface area contributed by atoms with Crippen LogP contribution in [0.15, 0.2) is 84.2 Å². The van der Waals surface area contributed by atoms with Crippen molar-refractivity contribution in [1.82, 2.24) is 14.9 Å². The standard InChI is InChI=1S/C33H32N4O5/c1-2-24-19-33(24,32(41)34-25-12-8-21(9-13-25)10-15-29(38)39)36-31(40)22-11-14-28-27(18-22)35-30(23-16-17-42-20-23)37(28)26-6-4-3-5-7-26/h2,8-18,20,24,26H,1,3-7,19H2,(H,34,41)(H,36,40)(H,38,39)/b15-10+/t24?,33-/m1/s1. The Morgan fingerprint density at radius 3 is 2.52 bits per heavy atom. The van der Waals surface area contributed by atoms with Crippen molar-refractivity contribution in [2.24, 2.45) is 5.92 Å². The van der Waals surface area contributed by atoms with Crippen LogP contribution in [0.4, 0.5) is 5.69 Å². The van der Waals surface area contributed by atoms with Crippen molar-refractivity contribution >= 4 is 40.6 Å². The molecular formula is C33H32N4O5. The van der Waals surface area contributed by atoms with Gasteiger partial charge in [0.1, 0.15) is 17.6 Å². The molecule has 9 nitrogen and oxygen atoms in total. The lowest BCUT2D eigenvalue weighted by Crippen LogP contribution is -2.47. The van der Waals surface area contributed by atoms with Crippen LogP contribution in [-0.4, -0.2) is 38.0 Å². The number of aromatic nitrogens is 2. The van der Waals surface area contributed by atoms with Gasteiger partial charge in [-0.1, -0.05) is 37.5 Å². The van der Waals surface area contributed by atoms with E-state index >= 15 is 0 Å². The molecular weight excluding hydrogens is 532 g/mol. The molecule has 1 unspecified atom stereocenters. The summed E-state index contributed by atoms with van der Waals surface area (Å²) in [4.78, 5) is 42.6. The summed E-state index contributed by atoms with van der Waals surface area (Å²) in [5.41, 5.74) is 3.12. The molecule has 0 spiro atoms. The van der Waals surface area contributed by atoms with Gasteiger partial charge in [-0.3, -0.25) is 9.59 Å². The molecule has 2 aliphatic rings. The number of carboxylic acid groups (broad SMARTS) is 1. The zero-order valence-corrected chi connectivity index (χ0v) is 23.1. The number of fused-ring (bicyclic) bond motifs is 1. The van der Waals surface area contributed by atoms with Gasteiger partial charge in [-0.05, 0) is 67.3 Å². The second-order valence-electron chi connectivity index (χ2n) is 11.0. The van der Waals surface area contributed by atoms with Crippen molar-refractivity contribution in [2.75, 3.05) is 5.32 Å². The van der Waals surface area contributed by atoms with Crippen LogP contribution in [0.5, 0.6) is 0 Å². The molecule has 214 valence electrons. The Labute approximate surface area is 242 Å². The number of anilines is 1. The number of aliphatic carboxylic acids is 1. The first kappa shape index (κ1) is 27.3. The Balaban J connectivity index is 1.23. The lowest BCUT2D eigenvalue weighted by Gasteiger charge is -2.25. The van der Waals surface area contributed by atoms with E-state index in [4.69, 9.17) is 14.5 Å². The molecule has 2 heterocycles. The zero-order valence-electron chi connectivity index (χ0n) is 23.1. The number of carbonyl (C=O) groups excluding carboxylic acids is 2. The van der Waals surface area contributed by atoms with Crippen LogP contribution in [0.1, 0.15) is 60.5 Å². The highest BCUT2D eigenvalue weighted by Gasteiger charge is 2.59. The predicted molar refractivity (Wildman–Crippen MR) is 160 cm³/mol. The summed E-state index contributed by atoms with van der Waals surface area (Å²) in [6.45, 7) is 3.85. The first-order chi connectivity index (χ1) is 20.4. The second kappa shape index (κ2) is 11.2. The van der Waals surface area contributed by atoms with Gasteiger partial charge in [0.15, 0.2) is 0 Å². The van der Waals surface area contributed by atoms with E-state index in [1.165, 1.54) is 25.3 Å². The van der Waals surface area contributed by atoms with E-state index < -0.39 is 11.5 Å². The van der Waals surface area contributed by atoms with Gasteiger partial charge in [0, 0.05) is 29.3 Å². The van der Waals surface area contributed by atoms with Gasteiger partial charge in [0.2, 0.25) is 0 Å². The van der Waals surface area contributed by atoms with Crippen molar-refractivity contribution in [3.8, 4) is 11.4 Å². The quantitative estimate of drug-likeness (QED) is 0.164. The van der Waals surface area contributed by atoms with Crippen LogP contribution < -0.4 is 10.6 Å². The van der Waals surface area contributed by atoms with E-state index in [9.17, 15) is 14.4 Å². The SMILES string of the molecule is C=CC1C[C@]1(NC(=O)c1ccc2c(c1)nc(-c1ccoc1)n2C1CCCCC1)C(=O)Nc1ccc(/C=C/C(=O)O)cc1. The average Bonchev–Trinajstić information content (AvgIpc) is 3.31. The van der Waals surface area contributed by atoms with E-state index in [0.717, 1.165) is 41.3 Å². The molecule has 0 saturated heterocycles. The number of imidazole rings is 1. The van der Waals surface area contributed by atoms with Gasteiger partial charge >= 0.3 is 5.97 Å². The number of nitrogens with one attached hydrogen (secondary N) is 2. The monoisotopic (exact) mass is 564 g/mol. The van der Waals surface area contributed by atoms with Crippen molar-refractivity contribution in [3.05, 3.63) is 90.9 Å². The maximum Gasteiger partial charge on any atom is 0.328 e. The molecule has 3 N–H and O–H groups in total. The highest BCUT2D eigenvalue weighted by atomic mass is 16.4. The van der Waals surface area contributed by atoms with Crippen LogP contribution in [0.2, 0.25) is 0 Å². The van der Waals surface area contributed by atoms with Crippen LogP contribution in [-0.2, 0) is 9.59 Å². The fraction of sp³-hybridized carbons (Fsp3) is 0.273. The molecule has 2 aromatic carbocycles. The Bertz CT molecular complexity index is 1680. The lowest BCUT2D eigenvalue weighted by molar-refractivity contribution is -0.131. The van der Waals surface area contributed by atoms with Gasteiger partial charge in [0.25, 0.3) is 11.8 Å². The van der Waals surface area contributed by atoms with Crippen molar-refractivity contribution < 1.29 is 23.9 Å².